The van der Waals surface area contributed by atoms with Crippen LogP contribution >= 0.6 is 0 Å². The van der Waals surface area contributed by atoms with Gasteiger partial charge in [-0.25, -0.2) is 15.0 Å². The Balaban J connectivity index is 1.51. The van der Waals surface area contributed by atoms with Crippen molar-refractivity contribution in [2.24, 2.45) is 0 Å². The van der Waals surface area contributed by atoms with E-state index in [-0.39, 0.29) is 18.1 Å². The molecule has 154 valence electrons. The van der Waals surface area contributed by atoms with Crippen molar-refractivity contribution < 1.29 is 19.4 Å². The van der Waals surface area contributed by atoms with E-state index < -0.39 is 6.61 Å². The number of anilines is 1. The molecule has 1 N–H and O–H groups in total. The second-order valence-corrected chi connectivity index (χ2v) is 7.15. The summed E-state index contributed by atoms with van der Waals surface area (Å²) in [6.45, 7) is 2.22. The van der Waals surface area contributed by atoms with E-state index >= 15 is 0 Å². The van der Waals surface area contributed by atoms with Crippen LogP contribution in [0.15, 0.2) is 24.8 Å². The first kappa shape index (κ1) is 19.5. The fraction of sp³-hybridized carbons (Fsp3) is 0.526. The standard InChI is InChI=1S/C19H24N6O4/c1-24(18(27)11-26)14-6-15(7-14)29-17-8-16(13-9-20-12-21-10-13)22-19(23-17)25-2-4-28-5-3-25/h8-10,12,14-15,26H,2-7,11H2,1H3/t14-,15-. The van der Waals surface area contributed by atoms with E-state index in [2.05, 4.69) is 24.8 Å². The fourth-order valence-electron chi connectivity index (χ4n) is 3.39. The molecule has 0 spiro atoms. The molecule has 0 atom stereocenters. The van der Waals surface area contributed by atoms with Gasteiger partial charge < -0.3 is 24.4 Å². The molecule has 0 radical (unpaired) electrons. The van der Waals surface area contributed by atoms with Gasteiger partial charge in [-0.15, -0.1) is 0 Å². The molecule has 10 heteroatoms. The zero-order valence-corrected chi connectivity index (χ0v) is 16.3. The van der Waals surface area contributed by atoms with Crippen LogP contribution in [0.1, 0.15) is 12.8 Å². The Labute approximate surface area is 168 Å². The highest BCUT2D eigenvalue weighted by atomic mass is 16.5. The number of hydrogen-bond acceptors (Lipinski definition) is 9. The maximum absolute atomic E-state index is 11.6. The van der Waals surface area contributed by atoms with Gasteiger partial charge in [0.1, 0.15) is 19.0 Å². The van der Waals surface area contributed by atoms with E-state index in [0.717, 1.165) is 5.56 Å². The number of aliphatic hydroxyl groups excluding tert-OH is 1. The maximum atomic E-state index is 11.6. The zero-order valence-electron chi connectivity index (χ0n) is 16.3. The van der Waals surface area contributed by atoms with Crippen molar-refractivity contribution in [2.75, 3.05) is 44.9 Å². The molecule has 3 heterocycles. The number of rotatable bonds is 6. The van der Waals surface area contributed by atoms with Gasteiger partial charge in [0.05, 0.1) is 18.9 Å². The van der Waals surface area contributed by atoms with Gasteiger partial charge in [0.2, 0.25) is 17.7 Å². The molecule has 2 aliphatic rings. The van der Waals surface area contributed by atoms with Crippen molar-refractivity contribution in [1.29, 1.82) is 0 Å². The molecule has 1 aliphatic carbocycles. The van der Waals surface area contributed by atoms with Gasteiger partial charge in [0.15, 0.2) is 0 Å². The highest BCUT2D eigenvalue weighted by Crippen LogP contribution is 2.31. The van der Waals surface area contributed by atoms with Crippen LogP contribution in [0.3, 0.4) is 0 Å². The molecule has 1 aliphatic heterocycles. The van der Waals surface area contributed by atoms with Crippen LogP contribution in [0, 0.1) is 0 Å². The third-order valence-electron chi connectivity index (χ3n) is 5.27. The molecular weight excluding hydrogens is 376 g/mol. The van der Waals surface area contributed by atoms with E-state index in [1.54, 1.807) is 30.4 Å². The van der Waals surface area contributed by atoms with Gasteiger partial charge in [-0.2, -0.15) is 4.98 Å². The van der Waals surface area contributed by atoms with E-state index in [9.17, 15) is 4.79 Å². The van der Waals surface area contributed by atoms with Crippen LogP contribution < -0.4 is 9.64 Å². The van der Waals surface area contributed by atoms with E-state index in [0.29, 0.717) is 56.7 Å². The first-order valence-corrected chi connectivity index (χ1v) is 9.64. The van der Waals surface area contributed by atoms with Crippen LogP contribution in [0.4, 0.5) is 5.95 Å². The summed E-state index contributed by atoms with van der Waals surface area (Å²) >= 11 is 0. The molecule has 0 aromatic carbocycles. The van der Waals surface area contributed by atoms with E-state index in [1.165, 1.54) is 6.33 Å². The van der Waals surface area contributed by atoms with Crippen molar-refractivity contribution in [3.05, 3.63) is 24.8 Å². The molecule has 2 fully saturated rings. The third-order valence-corrected chi connectivity index (χ3v) is 5.27. The summed E-state index contributed by atoms with van der Waals surface area (Å²) in [7, 11) is 1.70. The lowest BCUT2D eigenvalue weighted by Gasteiger charge is -2.40. The number of amides is 1. The fourth-order valence-corrected chi connectivity index (χ4v) is 3.39. The average molecular weight is 400 g/mol. The third kappa shape index (κ3) is 4.43. The van der Waals surface area contributed by atoms with Gasteiger partial charge in [0.25, 0.3) is 0 Å². The van der Waals surface area contributed by atoms with Gasteiger partial charge in [0, 0.05) is 63.0 Å². The van der Waals surface area contributed by atoms with E-state index in [4.69, 9.17) is 14.6 Å². The van der Waals surface area contributed by atoms with Crippen LogP contribution in [-0.4, -0.2) is 88.0 Å². The number of aromatic nitrogens is 4. The van der Waals surface area contributed by atoms with Gasteiger partial charge in [-0.05, 0) is 0 Å². The predicted octanol–water partition coefficient (Wildman–Crippen LogP) is 0.131. The minimum atomic E-state index is -0.476. The summed E-state index contributed by atoms with van der Waals surface area (Å²) < 4.78 is 11.5. The Bertz CT molecular complexity index is 840. The van der Waals surface area contributed by atoms with Crippen molar-refractivity contribution in [1.82, 2.24) is 24.8 Å². The van der Waals surface area contributed by atoms with Crippen LogP contribution in [-0.2, 0) is 9.53 Å². The number of ether oxygens (including phenoxy) is 2. The molecule has 29 heavy (non-hydrogen) atoms. The number of nitrogens with zero attached hydrogens (tertiary/aromatic N) is 6. The van der Waals surface area contributed by atoms with Gasteiger partial charge in [-0.1, -0.05) is 0 Å². The summed E-state index contributed by atoms with van der Waals surface area (Å²) in [5.41, 5.74) is 1.48. The first-order valence-electron chi connectivity index (χ1n) is 9.64. The Kier molecular flexibility index (Phi) is 5.81. The average Bonchev–Trinajstić information content (AvgIpc) is 2.76. The predicted molar refractivity (Wildman–Crippen MR) is 103 cm³/mol. The first-order chi connectivity index (χ1) is 14.1. The lowest BCUT2D eigenvalue weighted by atomic mass is 9.88. The highest BCUT2D eigenvalue weighted by Gasteiger charge is 2.36. The molecule has 0 bridgehead atoms. The van der Waals surface area contributed by atoms with E-state index in [1.807, 2.05) is 0 Å². The smallest absolute Gasteiger partial charge is 0.248 e. The van der Waals surface area contributed by atoms with Crippen LogP contribution in [0.5, 0.6) is 5.88 Å². The lowest BCUT2D eigenvalue weighted by molar-refractivity contribution is -0.138. The van der Waals surface area contributed by atoms with Crippen molar-refractivity contribution in [2.45, 2.75) is 25.0 Å². The number of carbonyl (C=O) groups excluding carboxylic acids is 1. The monoisotopic (exact) mass is 400 g/mol. The molecular formula is C19H24N6O4. The van der Waals surface area contributed by atoms with Crippen LogP contribution in [0.2, 0.25) is 0 Å². The molecule has 0 unspecified atom stereocenters. The van der Waals surface area contributed by atoms with Crippen molar-refractivity contribution >= 4 is 11.9 Å². The molecule has 1 saturated heterocycles. The normalized spacial score (nSPS) is 21.4. The topological polar surface area (TPSA) is 114 Å². The molecule has 1 amide bonds. The highest BCUT2D eigenvalue weighted by molar-refractivity contribution is 5.77. The summed E-state index contributed by atoms with van der Waals surface area (Å²) in [6, 6.07) is 1.86. The number of carbonyl (C=O) groups is 1. The SMILES string of the molecule is CN(C(=O)CO)[C@H]1C[C@H](Oc2cc(-c3cncnc3)nc(N3CCOCC3)n2)C1. The Morgan fingerprint density at radius 1 is 1.28 bits per heavy atom. The largest absolute Gasteiger partial charge is 0.474 e. The second kappa shape index (κ2) is 8.66. The molecule has 4 rings (SSSR count). The number of aliphatic hydroxyl groups is 1. The minimum Gasteiger partial charge on any atom is -0.474 e. The molecule has 2 aromatic heterocycles. The summed E-state index contributed by atoms with van der Waals surface area (Å²) in [5.74, 6) is 0.796. The second-order valence-electron chi connectivity index (χ2n) is 7.15. The zero-order chi connectivity index (χ0) is 20.2. The van der Waals surface area contributed by atoms with Gasteiger partial charge in [-0.3, -0.25) is 4.79 Å². The van der Waals surface area contributed by atoms with Crippen LogP contribution in [0.25, 0.3) is 11.3 Å². The Hall–Kier alpha value is -2.85. The molecule has 2 aromatic rings. The van der Waals surface area contributed by atoms with Crippen molar-refractivity contribution in [3.8, 4) is 17.1 Å². The summed E-state index contributed by atoms with van der Waals surface area (Å²) in [4.78, 5) is 32.7. The van der Waals surface area contributed by atoms with Crippen molar-refractivity contribution in [3.63, 3.8) is 0 Å². The molecule has 10 nitrogen and oxygen atoms in total. The lowest BCUT2D eigenvalue weighted by Crippen LogP contribution is -2.50. The maximum Gasteiger partial charge on any atom is 0.248 e. The summed E-state index contributed by atoms with van der Waals surface area (Å²) in [5, 5.41) is 9.00. The Morgan fingerprint density at radius 3 is 2.69 bits per heavy atom. The number of likely N-dealkylation sites (N-methyl/N-ethyl adjacent to an activating group) is 1. The van der Waals surface area contributed by atoms with Gasteiger partial charge >= 0.3 is 0 Å². The minimum absolute atomic E-state index is 0.0405. The quantitative estimate of drug-likeness (QED) is 0.723. The molecule has 1 saturated carbocycles. The number of morpholine rings is 1. The summed E-state index contributed by atoms with van der Waals surface area (Å²) in [6.07, 6.45) is 6.24. The number of hydrogen-bond donors (Lipinski definition) is 1. The Morgan fingerprint density at radius 2 is 2.00 bits per heavy atom.